The van der Waals surface area contributed by atoms with E-state index >= 15 is 0 Å². The van der Waals surface area contributed by atoms with Crippen LogP contribution >= 0.6 is 0 Å². The zero-order valence-corrected chi connectivity index (χ0v) is 25.1. The molecule has 5 aliphatic rings. The van der Waals surface area contributed by atoms with Crippen LogP contribution in [-0.2, 0) is 9.53 Å². The van der Waals surface area contributed by atoms with E-state index in [2.05, 4.69) is 45.6 Å². The lowest BCUT2D eigenvalue weighted by atomic mass is 9.45. The van der Waals surface area contributed by atoms with Crippen molar-refractivity contribution in [2.45, 2.75) is 137 Å². The second kappa shape index (κ2) is 11.0. The fourth-order valence-corrected chi connectivity index (χ4v) is 10.5. The fourth-order valence-electron chi connectivity index (χ4n) is 10.5. The molecule has 3 nitrogen and oxygen atoms in total. The molecule has 0 N–H and O–H groups in total. The standard InChI is InChI=1S/C34H57NO2/c1-23(2)11-10-12-24(3)28-13-14-29-32-30(16-18-34(28,29)6)33(5)17-15-27(37-25(4)36)21-26(33)22-31(32)35-19-8-7-9-20-35/h22-24,27-32H,7-21H2,1-6H3/t24-,27-,28+,29-,30+,31-,32+,33-,34-/m1/s1. The van der Waals surface area contributed by atoms with Crippen molar-refractivity contribution in [3.63, 3.8) is 0 Å². The van der Waals surface area contributed by atoms with Crippen LogP contribution in [0.15, 0.2) is 11.6 Å². The Morgan fingerprint density at radius 2 is 1.76 bits per heavy atom. The van der Waals surface area contributed by atoms with Crippen LogP contribution in [0.3, 0.4) is 0 Å². The van der Waals surface area contributed by atoms with E-state index in [-0.39, 0.29) is 12.1 Å². The minimum atomic E-state index is -0.108. The molecule has 0 aromatic rings. The number of hydrogen-bond acceptors (Lipinski definition) is 3. The van der Waals surface area contributed by atoms with Crippen LogP contribution < -0.4 is 0 Å². The van der Waals surface area contributed by atoms with Crippen LogP contribution in [0.1, 0.15) is 125 Å². The first-order chi connectivity index (χ1) is 17.6. The smallest absolute Gasteiger partial charge is 0.302 e. The highest BCUT2D eigenvalue weighted by Crippen LogP contribution is 2.68. The van der Waals surface area contributed by atoms with Gasteiger partial charge in [0.25, 0.3) is 0 Å². The van der Waals surface area contributed by atoms with E-state index in [0.29, 0.717) is 16.9 Å². The summed E-state index contributed by atoms with van der Waals surface area (Å²) in [5, 5.41) is 0. The molecule has 4 aliphatic carbocycles. The van der Waals surface area contributed by atoms with Gasteiger partial charge in [0.15, 0.2) is 0 Å². The third-order valence-corrected chi connectivity index (χ3v) is 12.4. The molecule has 0 radical (unpaired) electrons. The van der Waals surface area contributed by atoms with Gasteiger partial charge < -0.3 is 4.74 Å². The molecule has 1 heterocycles. The zero-order chi connectivity index (χ0) is 26.4. The Hall–Kier alpha value is -0.830. The largest absolute Gasteiger partial charge is 0.462 e. The predicted octanol–water partition coefficient (Wildman–Crippen LogP) is 8.42. The number of nitrogens with zero attached hydrogens (tertiary/aromatic N) is 1. The highest BCUT2D eigenvalue weighted by Gasteiger charge is 2.61. The van der Waals surface area contributed by atoms with E-state index in [1.165, 1.54) is 83.7 Å². The Morgan fingerprint density at radius 1 is 1.00 bits per heavy atom. The van der Waals surface area contributed by atoms with E-state index in [1.54, 1.807) is 12.5 Å². The summed E-state index contributed by atoms with van der Waals surface area (Å²) < 4.78 is 5.78. The van der Waals surface area contributed by atoms with Crippen LogP contribution in [0.2, 0.25) is 0 Å². The third kappa shape index (κ3) is 5.21. The minimum absolute atomic E-state index is 0.0896. The van der Waals surface area contributed by atoms with Crippen molar-refractivity contribution in [1.82, 2.24) is 4.90 Å². The van der Waals surface area contributed by atoms with Crippen LogP contribution in [0.25, 0.3) is 0 Å². The first kappa shape index (κ1) is 27.7. The highest BCUT2D eigenvalue weighted by molar-refractivity contribution is 5.66. The molecule has 210 valence electrons. The van der Waals surface area contributed by atoms with Gasteiger partial charge in [0.1, 0.15) is 6.10 Å². The summed E-state index contributed by atoms with van der Waals surface area (Å²) in [6, 6.07) is 0.601. The molecule has 0 aromatic heterocycles. The first-order valence-electron chi connectivity index (χ1n) is 16.3. The maximum absolute atomic E-state index is 11.8. The van der Waals surface area contributed by atoms with E-state index in [9.17, 15) is 4.79 Å². The molecule has 0 bridgehead atoms. The van der Waals surface area contributed by atoms with E-state index in [0.717, 1.165) is 48.3 Å². The summed E-state index contributed by atoms with van der Waals surface area (Å²) in [6.07, 6.45) is 20.2. The van der Waals surface area contributed by atoms with Crippen LogP contribution in [0.4, 0.5) is 0 Å². The average molecular weight is 512 g/mol. The normalized spacial score (nSPS) is 42.9. The van der Waals surface area contributed by atoms with Crippen LogP contribution in [0.5, 0.6) is 0 Å². The molecule has 3 saturated carbocycles. The Labute approximate surface area is 228 Å². The molecule has 1 saturated heterocycles. The van der Waals surface area contributed by atoms with E-state index in [4.69, 9.17) is 4.74 Å². The van der Waals surface area contributed by atoms with Gasteiger partial charge in [0.2, 0.25) is 0 Å². The molecule has 0 amide bonds. The molecule has 0 unspecified atom stereocenters. The molecule has 5 rings (SSSR count). The Bertz CT molecular complexity index is 843. The second-order valence-electron chi connectivity index (χ2n) is 15.0. The topological polar surface area (TPSA) is 29.5 Å². The second-order valence-corrected chi connectivity index (χ2v) is 15.0. The van der Waals surface area contributed by atoms with Gasteiger partial charge in [-0.15, -0.1) is 0 Å². The number of esters is 1. The number of carbonyl (C=O) groups excluding carboxylic acids is 1. The van der Waals surface area contributed by atoms with Gasteiger partial charge in [-0.25, -0.2) is 0 Å². The van der Waals surface area contributed by atoms with Gasteiger partial charge in [-0.1, -0.05) is 72.0 Å². The SMILES string of the molecule is CC(=O)O[C@@H]1CC[C@]2(C)C(=C[C@@H](N3CCCCC3)[C@H]3[C@H]4CC[C@@H]([C@H](C)CCCC(C)C)[C@@]4(C)CC[C@@H]32)C1. The fraction of sp³-hybridized carbons (Fsp3) is 0.912. The number of ether oxygens (including phenoxy) is 1. The van der Waals surface area contributed by atoms with Crippen molar-refractivity contribution in [3.05, 3.63) is 11.6 Å². The molecule has 4 fully saturated rings. The molecule has 0 aromatic carbocycles. The summed E-state index contributed by atoms with van der Waals surface area (Å²) in [5.74, 6) is 4.97. The van der Waals surface area contributed by atoms with Gasteiger partial charge in [-0.3, -0.25) is 9.69 Å². The molecule has 1 aliphatic heterocycles. The number of carbonyl (C=O) groups is 1. The summed E-state index contributed by atoms with van der Waals surface area (Å²) >= 11 is 0. The van der Waals surface area contributed by atoms with Gasteiger partial charge in [-0.2, -0.15) is 0 Å². The number of fused-ring (bicyclic) bond motifs is 5. The lowest BCUT2D eigenvalue weighted by Gasteiger charge is -2.62. The van der Waals surface area contributed by atoms with Crippen LogP contribution in [-0.4, -0.2) is 36.1 Å². The highest BCUT2D eigenvalue weighted by atomic mass is 16.5. The average Bonchev–Trinajstić information content (AvgIpc) is 3.21. The molecular weight excluding hydrogens is 454 g/mol. The van der Waals surface area contributed by atoms with Gasteiger partial charge >= 0.3 is 5.97 Å². The summed E-state index contributed by atoms with van der Waals surface area (Å²) in [4.78, 5) is 14.7. The molecule has 0 spiro atoms. The van der Waals surface area contributed by atoms with Crippen LogP contribution in [0, 0.1) is 46.3 Å². The Morgan fingerprint density at radius 3 is 2.46 bits per heavy atom. The monoisotopic (exact) mass is 511 g/mol. The van der Waals surface area contributed by atoms with Crippen molar-refractivity contribution in [1.29, 1.82) is 0 Å². The van der Waals surface area contributed by atoms with Crippen molar-refractivity contribution in [3.8, 4) is 0 Å². The quantitative estimate of drug-likeness (QED) is 0.254. The lowest BCUT2D eigenvalue weighted by Crippen LogP contribution is -2.59. The van der Waals surface area contributed by atoms with Gasteiger partial charge in [0, 0.05) is 19.4 Å². The number of rotatable bonds is 7. The molecule has 9 atom stereocenters. The predicted molar refractivity (Wildman–Crippen MR) is 153 cm³/mol. The summed E-state index contributed by atoms with van der Waals surface area (Å²) in [6.45, 7) is 16.8. The number of piperidine rings is 1. The van der Waals surface area contributed by atoms with Crippen molar-refractivity contribution in [2.75, 3.05) is 13.1 Å². The van der Waals surface area contributed by atoms with Gasteiger partial charge in [-0.05, 0) is 111 Å². The maximum atomic E-state index is 11.8. The molecular formula is C34H57NO2. The third-order valence-electron chi connectivity index (χ3n) is 12.4. The van der Waals surface area contributed by atoms with Crippen molar-refractivity contribution < 1.29 is 9.53 Å². The summed E-state index contributed by atoms with van der Waals surface area (Å²) in [5.41, 5.74) is 2.46. The van der Waals surface area contributed by atoms with Crippen molar-refractivity contribution >= 4 is 5.97 Å². The lowest BCUT2D eigenvalue weighted by molar-refractivity contribution is -0.149. The molecule has 3 heteroatoms. The number of hydrogen-bond donors (Lipinski definition) is 0. The molecule has 37 heavy (non-hydrogen) atoms. The number of likely N-dealkylation sites (tertiary alicyclic amines) is 1. The van der Waals surface area contributed by atoms with E-state index < -0.39 is 0 Å². The maximum Gasteiger partial charge on any atom is 0.302 e. The zero-order valence-electron chi connectivity index (χ0n) is 25.1. The Kier molecular flexibility index (Phi) is 8.22. The van der Waals surface area contributed by atoms with E-state index in [1.807, 2.05) is 0 Å². The van der Waals surface area contributed by atoms with Crippen molar-refractivity contribution in [2.24, 2.45) is 46.3 Å². The van der Waals surface area contributed by atoms with Gasteiger partial charge in [0.05, 0.1) is 0 Å². The summed E-state index contributed by atoms with van der Waals surface area (Å²) in [7, 11) is 0. The first-order valence-corrected chi connectivity index (χ1v) is 16.3. The minimum Gasteiger partial charge on any atom is -0.462 e. The Balaban J connectivity index is 1.43.